The van der Waals surface area contributed by atoms with Crippen molar-refractivity contribution >= 4 is 11.6 Å². The molecule has 2 rings (SSSR count). The third kappa shape index (κ3) is 2.39. The fourth-order valence-corrected chi connectivity index (χ4v) is 2.39. The second-order valence-electron chi connectivity index (χ2n) is 4.05. The van der Waals surface area contributed by atoms with E-state index in [0.29, 0.717) is 10.8 Å². The Morgan fingerprint density at radius 3 is 2.94 bits per heavy atom. The first-order valence-corrected chi connectivity index (χ1v) is 5.99. The van der Waals surface area contributed by atoms with Crippen LogP contribution in [0.25, 0.3) is 0 Å². The zero-order valence-corrected chi connectivity index (χ0v) is 10.6. The van der Waals surface area contributed by atoms with Crippen LogP contribution in [0.4, 0.5) is 4.39 Å². The third-order valence-electron chi connectivity index (χ3n) is 2.83. The highest BCUT2D eigenvalue weighted by Crippen LogP contribution is 2.43. The highest BCUT2D eigenvalue weighted by atomic mass is 35.5. The highest BCUT2D eigenvalue weighted by Gasteiger charge is 2.35. The van der Waals surface area contributed by atoms with E-state index in [2.05, 4.69) is 12.4 Å². The molecule has 1 aromatic rings. The van der Waals surface area contributed by atoms with Crippen LogP contribution < -0.4 is 10.2 Å². The first-order chi connectivity index (χ1) is 8.17. The predicted octanol–water partition coefficient (Wildman–Crippen LogP) is 3.23. The minimum absolute atomic E-state index is 0.0748. The largest absolute Gasteiger partial charge is 0.486 e. The molecule has 1 N–H and O–H groups in total. The van der Waals surface area contributed by atoms with Gasteiger partial charge < -0.3 is 9.57 Å². The molecule has 1 aromatic carbocycles. The van der Waals surface area contributed by atoms with Crippen LogP contribution in [-0.4, -0.2) is 13.2 Å². The summed E-state index contributed by atoms with van der Waals surface area (Å²) in [6, 6.07) is 2.52. The molecule has 0 saturated heterocycles. The van der Waals surface area contributed by atoms with Gasteiger partial charge in [0.1, 0.15) is 17.7 Å². The number of fused-ring (bicyclic) bond motifs is 1. The van der Waals surface area contributed by atoms with Crippen molar-refractivity contribution in [3.05, 3.63) is 28.5 Å². The van der Waals surface area contributed by atoms with Gasteiger partial charge in [-0.15, -0.1) is 0 Å². The lowest BCUT2D eigenvalue weighted by Crippen LogP contribution is -2.30. The second kappa shape index (κ2) is 5.21. The van der Waals surface area contributed by atoms with E-state index in [9.17, 15) is 4.39 Å². The third-order valence-corrected chi connectivity index (χ3v) is 3.11. The number of nitrogens with one attached hydrogen (secondary N) is 1. The Balaban J connectivity index is 2.35. The summed E-state index contributed by atoms with van der Waals surface area (Å²) in [5.41, 5.74) is 3.56. The number of benzene rings is 1. The number of rotatable bonds is 4. The molecule has 1 aliphatic rings. The summed E-state index contributed by atoms with van der Waals surface area (Å²) >= 11 is 5.97. The van der Waals surface area contributed by atoms with E-state index in [0.717, 1.165) is 18.4 Å². The van der Waals surface area contributed by atoms with E-state index in [1.165, 1.54) is 19.2 Å². The van der Waals surface area contributed by atoms with Crippen LogP contribution in [0, 0.1) is 5.82 Å². The monoisotopic (exact) mass is 259 g/mol. The quantitative estimate of drug-likeness (QED) is 0.842. The van der Waals surface area contributed by atoms with E-state index in [4.69, 9.17) is 21.2 Å². The van der Waals surface area contributed by atoms with E-state index >= 15 is 0 Å². The molecule has 17 heavy (non-hydrogen) atoms. The molecule has 0 saturated carbocycles. The Hall–Kier alpha value is -0.840. The molecule has 0 radical (unpaired) electrons. The highest BCUT2D eigenvalue weighted by molar-refractivity contribution is 6.32. The topological polar surface area (TPSA) is 30.5 Å². The lowest BCUT2D eigenvalue weighted by atomic mass is 10.0. The van der Waals surface area contributed by atoms with Gasteiger partial charge in [-0.3, -0.25) is 0 Å². The predicted molar refractivity (Wildman–Crippen MR) is 63.6 cm³/mol. The number of halogens is 2. The first-order valence-electron chi connectivity index (χ1n) is 5.61. The summed E-state index contributed by atoms with van der Waals surface area (Å²) < 4.78 is 19.1. The zero-order chi connectivity index (χ0) is 12.4. The van der Waals surface area contributed by atoms with Crippen molar-refractivity contribution < 1.29 is 14.0 Å². The number of hydroxylamine groups is 1. The number of hydrogen-bond acceptors (Lipinski definition) is 3. The lowest BCUT2D eigenvalue weighted by Gasteiger charge is -2.18. The molecule has 0 bridgehead atoms. The summed E-state index contributed by atoms with van der Waals surface area (Å²) in [4.78, 5) is 4.94. The van der Waals surface area contributed by atoms with Crippen LogP contribution in [0.15, 0.2) is 12.1 Å². The van der Waals surface area contributed by atoms with Crippen molar-refractivity contribution in [3.8, 4) is 5.75 Å². The average Bonchev–Trinajstić information content (AvgIpc) is 2.59. The van der Waals surface area contributed by atoms with Crippen LogP contribution in [0.3, 0.4) is 0 Å². The van der Waals surface area contributed by atoms with Crippen LogP contribution >= 0.6 is 11.6 Å². The Morgan fingerprint density at radius 1 is 1.53 bits per heavy atom. The van der Waals surface area contributed by atoms with Crippen LogP contribution in [0.5, 0.6) is 5.75 Å². The molecular weight excluding hydrogens is 245 g/mol. The summed E-state index contributed by atoms with van der Waals surface area (Å²) in [5.74, 6) is 0.193. The van der Waals surface area contributed by atoms with Crippen LogP contribution in [0.1, 0.15) is 31.4 Å². The maximum atomic E-state index is 13.3. The Morgan fingerprint density at radius 2 is 2.29 bits per heavy atom. The fraction of sp³-hybridized carbons (Fsp3) is 0.500. The molecule has 5 heteroatoms. The van der Waals surface area contributed by atoms with Crippen LogP contribution in [-0.2, 0) is 4.84 Å². The van der Waals surface area contributed by atoms with Crippen molar-refractivity contribution in [1.82, 2.24) is 5.48 Å². The first kappa shape index (κ1) is 12.6. The van der Waals surface area contributed by atoms with Gasteiger partial charge in [-0.25, -0.2) is 4.39 Å². The molecule has 0 fully saturated rings. The Labute approximate surface area is 105 Å². The van der Waals surface area contributed by atoms with E-state index < -0.39 is 0 Å². The normalized spacial score (nSPS) is 22.4. The van der Waals surface area contributed by atoms with Gasteiger partial charge in [0.25, 0.3) is 0 Å². The van der Waals surface area contributed by atoms with E-state index in [1.807, 2.05) is 0 Å². The molecular formula is C12H15ClFNO2. The minimum Gasteiger partial charge on any atom is -0.486 e. The van der Waals surface area contributed by atoms with Crippen molar-refractivity contribution in [2.45, 2.75) is 31.9 Å². The van der Waals surface area contributed by atoms with Crippen molar-refractivity contribution in [2.24, 2.45) is 0 Å². The van der Waals surface area contributed by atoms with Gasteiger partial charge in [-0.05, 0) is 18.6 Å². The molecule has 2 unspecified atom stereocenters. The zero-order valence-electron chi connectivity index (χ0n) is 9.80. The summed E-state index contributed by atoms with van der Waals surface area (Å²) in [7, 11) is 1.53. The molecule has 3 nitrogen and oxygen atoms in total. The summed E-state index contributed by atoms with van der Waals surface area (Å²) in [5, 5.41) is 0.307. The minimum atomic E-state index is -0.364. The van der Waals surface area contributed by atoms with Gasteiger partial charge >= 0.3 is 0 Å². The van der Waals surface area contributed by atoms with Crippen LogP contribution in [0.2, 0.25) is 5.02 Å². The summed E-state index contributed by atoms with van der Waals surface area (Å²) in [6.45, 7) is 2.07. The number of hydrogen-bond donors (Lipinski definition) is 1. The average molecular weight is 260 g/mol. The van der Waals surface area contributed by atoms with E-state index in [1.54, 1.807) is 0 Å². The molecule has 1 heterocycles. The molecule has 0 spiro atoms. The van der Waals surface area contributed by atoms with Gasteiger partial charge in [-0.1, -0.05) is 24.9 Å². The molecule has 1 aliphatic heterocycles. The molecule has 0 amide bonds. The fourth-order valence-electron chi connectivity index (χ4n) is 2.13. The smallest absolute Gasteiger partial charge is 0.143 e. The maximum Gasteiger partial charge on any atom is 0.143 e. The standard InChI is InChI=1S/C12H15ClFNO2/c1-3-4-10-11(15-16-2)8-5-7(14)6-9(13)12(8)17-10/h5-6,10-11,15H,3-4H2,1-2H3. The van der Waals surface area contributed by atoms with Gasteiger partial charge in [0, 0.05) is 5.56 Å². The molecule has 0 aromatic heterocycles. The second-order valence-corrected chi connectivity index (χ2v) is 4.46. The maximum absolute atomic E-state index is 13.3. The lowest BCUT2D eigenvalue weighted by molar-refractivity contribution is 0.0269. The molecule has 0 aliphatic carbocycles. The SMILES string of the molecule is CCCC1Oc2c(Cl)cc(F)cc2C1NOC. The molecule has 94 valence electrons. The van der Waals surface area contributed by atoms with Gasteiger partial charge in [-0.2, -0.15) is 5.48 Å². The Kier molecular flexibility index (Phi) is 3.86. The Bertz CT molecular complexity index is 414. The van der Waals surface area contributed by atoms with Gasteiger partial charge in [0.05, 0.1) is 18.2 Å². The summed E-state index contributed by atoms with van der Waals surface area (Å²) in [6.07, 6.45) is 1.75. The van der Waals surface area contributed by atoms with E-state index in [-0.39, 0.29) is 18.0 Å². The van der Waals surface area contributed by atoms with Gasteiger partial charge in [0.15, 0.2) is 0 Å². The van der Waals surface area contributed by atoms with Crippen molar-refractivity contribution in [1.29, 1.82) is 0 Å². The molecule has 2 atom stereocenters. The van der Waals surface area contributed by atoms with Crippen molar-refractivity contribution in [2.75, 3.05) is 7.11 Å². The van der Waals surface area contributed by atoms with Crippen molar-refractivity contribution in [3.63, 3.8) is 0 Å². The number of ether oxygens (including phenoxy) is 1. The van der Waals surface area contributed by atoms with Gasteiger partial charge in [0.2, 0.25) is 0 Å².